The fourth-order valence-corrected chi connectivity index (χ4v) is 0.764. The molecule has 0 N–H and O–H groups in total. The lowest BCUT2D eigenvalue weighted by atomic mass is 10.3. The Balaban J connectivity index is 2.66. The largest absolute Gasteiger partial charge is 0.225 e. The quantitative estimate of drug-likeness (QED) is 0.490. The minimum absolute atomic E-state index is 0.260. The molecule has 0 fully saturated rings. The van der Waals surface area contributed by atoms with E-state index < -0.39 is 0 Å². The monoisotopic (exact) mass is 180 g/mol. The van der Waals surface area contributed by atoms with Crippen LogP contribution in [-0.2, 0) is 0 Å². The Kier molecular flexibility index (Phi) is 3.56. The van der Waals surface area contributed by atoms with Gasteiger partial charge in [-0.1, -0.05) is 18.8 Å². The minimum atomic E-state index is 0.260. The van der Waals surface area contributed by atoms with Gasteiger partial charge in [-0.25, -0.2) is 9.97 Å². The first-order chi connectivity index (χ1) is 5.83. The van der Waals surface area contributed by atoms with E-state index in [0.717, 1.165) is 18.4 Å². The fraction of sp³-hybridized carbons (Fsp3) is 0.333. The van der Waals surface area contributed by atoms with Crippen molar-refractivity contribution < 1.29 is 0 Å². The molecule has 12 heavy (non-hydrogen) atoms. The highest BCUT2D eigenvalue weighted by Crippen LogP contribution is 1.98. The van der Waals surface area contributed by atoms with E-state index in [2.05, 4.69) is 28.7 Å². The van der Waals surface area contributed by atoms with Crippen molar-refractivity contribution in [2.75, 3.05) is 0 Å². The second-order valence-electron chi connectivity index (χ2n) is 2.29. The van der Waals surface area contributed by atoms with E-state index in [-0.39, 0.29) is 5.28 Å². The molecular weight excluding hydrogens is 172 g/mol. The van der Waals surface area contributed by atoms with Crippen LogP contribution in [0.25, 0.3) is 0 Å². The zero-order valence-electron chi connectivity index (χ0n) is 6.84. The van der Waals surface area contributed by atoms with Crippen LogP contribution in [0.1, 0.15) is 25.3 Å². The number of hydrogen-bond donors (Lipinski definition) is 0. The lowest BCUT2D eigenvalue weighted by molar-refractivity contribution is 0.983. The zero-order valence-corrected chi connectivity index (χ0v) is 7.60. The summed E-state index contributed by atoms with van der Waals surface area (Å²) in [6.07, 6.45) is 5.22. The molecule has 0 aromatic carbocycles. The summed E-state index contributed by atoms with van der Waals surface area (Å²) >= 11 is 5.50. The van der Waals surface area contributed by atoms with Crippen LogP contribution in [0.2, 0.25) is 5.28 Å². The van der Waals surface area contributed by atoms with Gasteiger partial charge in [0.25, 0.3) is 0 Å². The minimum Gasteiger partial charge on any atom is -0.225 e. The Morgan fingerprint density at radius 1 is 1.42 bits per heavy atom. The molecule has 0 amide bonds. The maximum Gasteiger partial charge on any atom is 0.222 e. The molecule has 2 nitrogen and oxygen atoms in total. The van der Waals surface area contributed by atoms with Gasteiger partial charge < -0.3 is 0 Å². The molecule has 1 rings (SSSR count). The first-order valence-corrected chi connectivity index (χ1v) is 4.17. The van der Waals surface area contributed by atoms with Crippen LogP contribution in [-0.4, -0.2) is 9.97 Å². The zero-order chi connectivity index (χ0) is 8.81. The molecule has 0 aliphatic heterocycles. The summed E-state index contributed by atoms with van der Waals surface area (Å²) in [5, 5.41) is 0.260. The van der Waals surface area contributed by atoms with Gasteiger partial charge >= 0.3 is 0 Å². The molecule has 0 saturated carbocycles. The molecule has 0 spiro atoms. The van der Waals surface area contributed by atoms with Crippen molar-refractivity contribution in [1.82, 2.24) is 9.97 Å². The summed E-state index contributed by atoms with van der Waals surface area (Å²) in [5.74, 6) is 5.94. The van der Waals surface area contributed by atoms with E-state index in [4.69, 9.17) is 11.6 Å². The molecule has 0 saturated heterocycles. The van der Waals surface area contributed by atoms with Gasteiger partial charge in [0, 0.05) is 18.8 Å². The van der Waals surface area contributed by atoms with Crippen molar-refractivity contribution in [3.05, 3.63) is 23.2 Å². The average Bonchev–Trinajstić information content (AvgIpc) is 2.09. The van der Waals surface area contributed by atoms with E-state index >= 15 is 0 Å². The Bertz CT molecular complexity index is 295. The number of hydrogen-bond acceptors (Lipinski definition) is 2. The Labute approximate surface area is 77.0 Å². The molecule has 0 radical (unpaired) electrons. The predicted octanol–water partition coefficient (Wildman–Crippen LogP) is 2.28. The summed E-state index contributed by atoms with van der Waals surface area (Å²) in [5.41, 5.74) is 0.813. The van der Waals surface area contributed by atoms with Gasteiger partial charge in [-0.05, 0) is 18.0 Å². The Hall–Kier alpha value is -1.07. The van der Waals surface area contributed by atoms with Gasteiger partial charge in [0.15, 0.2) is 0 Å². The maximum absolute atomic E-state index is 5.50. The van der Waals surface area contributed by atoms with Gasteiger partial charge in [0.2, 0.25) is 5.28 Å². The third-order valence-electron chi connectivity index (χ3n) is 1.23. The highest BCUT2D eigenvalue weighted by atomic mass is 35.5. The van der Waals surface area contributed by atoms with Crippen molar-refractivity contribution in [2.45, 2.75) is 19.8 Å². The van der Waals surface area contributed by atoms with Crippen LogP contribution >= 0.6 is 11.6 Å². The summed E-state index contributed by atoms with van der Waals surface area (Å²) < 4.78 is 0. The van der Waals surface area contributed by atoms with Crippen molar-refractivity contribution in [3.8, 4) is 11.8 Å². The number of rotatable bonds is 1. The van der Waals surface area contributed by atoms with Gasteiger partial charge in [0.1, 0.15) is 0 Å². The summed E-state index contributed by atoms with van der Waals surface area (Å²) in [6.45, 7) is 2.09. The number of aromatic nitrogens is 2. The van der Waals surface area contributed by atoms with E-state index in [0.29, 0.717) is 0 Å². The van der Waals surface area contributed by atoms with Crippen LogP contribution in [0.15, 0.2) is 12.4 Å². The molecule has 1 heterocycles. The van der Waals surface area contributed by atoms with Gasteiger partial charge in [0.05, 0.1) is 5.56 Å². The highest BCUT2D eigenvalue weighted by Gasteiger charge is 1.88. The van der Waals surface area contributed by atoms with E-state index in [1.807, 2.05) is 0 Å². The van der Waals surface area contributed by atoms with Crippen molar-refractivity contribution >= 4 is 11.6 Å². The average molecular weight is 181 g/mol. The van der Waals surface area contributed by atoms with Crippen LogP contribution in [0.3, 0.4) is 0 Å². The molecule has 62 valence electrons. The predicted molar refractivity (Wildman–Crippen MR) is 48.8 cm³/mol. The van der Waals surface area contributed by atoms with E-state index in [1.165, 1.54) is 0 Å². The SMILES string of the molecule is CCCC#Cc1cnc(Cl)nc1. The molecule has 1 aromatic rings. The van der Waals surface area contributed by atoms with Crippen molar-refractivity contribution in [1.29, 1.82) is 0 Å². The topological polar surface area (TPSA) is 25.8 Å². The lowest BCUT2D eigenvalue weighted by Gasteiger charge is -1.87. The van der Waals surface area contributed by atoms with Crippen LogP contribution < -0.4 is 0 Å². The summed E-state index contributed by atoms with van der Waals surface area (Å²) in [4.78, 5) is 7.62. The highest BCUT2D eigenvalue weighted by molar-refractivity contribution is 6.28. The summed E-state index contributed by atoms with van der Waals surface area (Å²) in [6, 6.07) is 0. The first kappa shape index (κ1) is 9.02. The van der Waals surface area contributed by atoms with E-state index in [9.17, 15) is 0 Å². The Morgan fingerprint density at radius 3 is 2.67 bits per heavy atom. The van der Waals surface area contributed by atoms with E-state index in [1.54, 1.807) is 12.4 Å². The first-order valence-electron chi connectivity index (χ1n) is 3.79. The molecule has 1 aromatic heterocycles. The van der Waals surface area contributed by atoms with Gasteiger partial charge in [-0.2, -0.15) is 0 Å². The number of nitrogens with zero attached hydrogens (tertiary/aromatic N) is 2. The second-order valence-corrected chi connectivity index (χ2v) is 2.63. The van der Waals surface area contributed by atoms with Gasteiger partial charge in [-0.3, -0.25) is 0 Å². The lowest BCUT2D eigenvalue weighted by Crippen LogP contribution is -1.82. The molecular formula is C9H9ClN2. The fourth-order valence-electron chi connectivity index (χ4n) is 0.666. The summed E-state index contributed by atoms with van der Waals surface area (Å²) in [7, 11) is 0. The number of halogens is 1. The van der Waals surface area contributed by atoms with Crippen LogP contribution in [0, 0.1) is 11.8 Å². The standard InChI is InChI=1S/C9H9ClN2/c1-2-3-4-5-8-6-11-9(10)12-7-8/h6-7H,2-3H2,1H3. The van der Waals surface area contributed by atoms with Gasteiger partial charge in [-0.15, -0.1) is 0 Å². The molecule has 0 unspecified atom stereocenters. The maximum atomic E-state index is 5.50. The normalized spacial score (nSPS) is 8.83. The Morgan fingerprint density at radius 2 is 2.08 bits per heavy atom. The third kappa shape index (κ3) is 2.89. The van der Waals surface area contributed by atoms with Crippen molar-refractivity contribution in [3.63, 3.8) is 0 Å². The molecule has 0 bridgehead atoms. The molecule has 3 heteroatoms. The number of unbranched alkanes of at least 4 members (excludes halogenated alkanes) is 1. The van der Waals surface area contributed by atoms with Crippen LogP contribution in [0.4, 0.5) is 0 Å². The third-order valence-corrected chi connectivity index (χ3v) is 1.42. The molecule has 0 atom stereocenters. The van der Waals surface area contributed by atoms with Crippen LogP contribution in [0.5, 0.6) is 0 Å². The second kappa shape index (κ2) is 4.74. The molecule has 0 aliphatic rings. The van der Waals surface area contributed by atoms with Crippen molar-refractivity contribution in [2.24, 2.45) is 0 Å². The molecule has 0 aliphatic carbocycles. The smallest absolute Gasteiger partial charge is 0.222 e.